The van der Waals surface area contributed by atoms with E-state index in [1.807, 2.05) is 0 Å². The molecule has 2 N–H and O–H groups in total. The minimum Gasteiger partial charge on any atom is -0.339 e. The summed E-state index contributed by atoms with van der Waals surface area (Å²) in [6.07, 6.45) is 6.01. The molecule has 2 rings (SSSR count). The average Bonchev–Trinajstić information content (AvgIpc) is 2.39. The normalized spacial score (nSPS) is 30.4. The lowest BCUT2D eigenvalue weighted by atomic mass is 9.98. The van der Waals surface area contributed by atoms with Crippen LogP contribution < -0.4 is 5.73 Å². The molecule has 0 saturated carbocycles. The number of likely N-dealkylation sites (tertiary alicyclic amines) is 2. The first kappa shape index (κ1) is 13.8. The second kappa shape index (κ2) is 6.53. The van der Waals surface area contributed by atoms with Crippen molar-refractivity contribution in [1.82, 2.24) is 9.80 Å². The van der Waals surface area contributed by atoms with Gasteiger partial charge in [0.25, 0.3) is 0 Å². The third kappa shape index (κ3) is 3.45. The fraction of sp³-hybridized carbons (Fsp3) is 0.929. The third-order valence-corrected chi connectivity index (χ3v) is 4.42. The Kier molecular flexibility index (Phi) is 5.01. The van der Waals surface area contributed by atoms with Crippen molar-refractivity contribution >= 4 is 5.91 Å². The molecule has 0 bridgehead atoms. The number of nitrogens with two attached hydrogens (primary N) is 1. The molecule has 0 aliphatic carbocycles. The fourth-order valence-electron chi connectivity index (χ4n) is 3.24. The Labute approximate surface area is 110 Å². The number of carbonyl (C=O) groups excluding carboxylic acids is 1. The topological polar surface area (TPSA) is 49.6 Å². The molecule has 0 aromatic carbocycles. The van der Waals surface area contributed by atoms with Crippen molar-refractivity contribution in [3.63, 3.8) is 0 Å². The molecule has 2 unspecified atom stereocenters. The first-order chi connectivity index (χ1) is 8.70. The van der Waals surface area contributed by atoms with E-state index in [9.17, 15) is 4.79 Å². The minimum absolute atomic E-state index is 0.319. The van der Waals surface area contributed by atoms with E-state index >= 15 is 0 Å². The Hall–Kier alpha value is -0.610. The highest BCUT2D eigenvalue weighted by Crippen LogP contribution is 2.19. The van der Waals surface area contributed by atoms with Crippen molar-refractivity contribution < 1.29 is 4.79 Å². The van der Waals surface area contributed by atoms with Crippen molar-refractivity contribution in [2.24, 2.45) is 11.7 Å². The van der Waals surface area contributed by atoms with E-state index in [1.54, 1.807) is 0 Å². The maximum Gasteiger partial charge on any atom is 0.236 e. The second-order valence-electron chi connectivity index (χ2n) is 5.91. The van der Waals surface area contributed by atoms with Gasteiger partial charge in [-0.15, -0.1) is 0 Å². The molecular formula is C14H27N3O. The fourth-order valence-corrected chi connectivity index (χ4v) is 3.24. The number of hydrogen-bond acceptors (Lipinski definition) is 3. The van der Waals surface area contributed by atoms with Crippen molar-refractivity contribution in [1.29, 1.82) is 0 Å². The SMILES string of the molecule is CC1CCCCN1C(=O)CN1CCCC(CN)C1. The van der Waals surface area contributed by atoms with Crippen LogP contribution >= 0.6 is 0 Å². The predicted molar refractivity (Wildman–Crippen MR) is 73.2 cm³/mol. The molecule has 2 aliphatic rings. The maximum atomic E-state index is 12.3. The van der Waals surface area contributed by atoms with Crippen LogP contribution in [0.5, 0.6) is 0 Å². The molecule has 0 aromatic rings. The molecule has 0 spiro atoms. The third-order valence-electron chi connectivity index (χ3n) is 4.42. The molecule has 2 heterocycles. The Morgan fingerprint density at radius 1 is 1.22 bits per heavy atom. The number of nitrogens with zero attached hydrogens (tertiary/aromatic N) is 2. The van der Waals surface area contributed by atoms with Gasteiger partial charge in [-0.3, -0.25) is 9.69 Å². The van der Waals surface area contributed by atoms with Gasteiger partial charge in [0.15, 0.2) is 0 Å². The summed E-state index contributed by atoms with van der Waals surface area (Å²) in [5.41, 5.74) is 5.74. The zero-order valence-electron chi connectivity index (χ0n) is 11.6. The molecule has 104 valence electrons. The standard InChI is InChI=1S/C14H27N3O/c1-12-5-2-3-8-17(12)14(18)11-16-7-4-6-13(9-15)10-16/h12-13H,2-11,15H2,1H3. The summed E-state index contributed by atoms with van der Waals surface area (Å²) in [7, 11) is 0. The molecule has 2 atom stereocenters. The van der Waals surface area contributed by atoms with E-state index in [1.165, 1.54) is 25.7 Å². The van der Waals surface area contributed by atoms with Crippen LogP contribution in [-0.2, 0) is 4.79 Å². The van der Waals surface area contributed by atoms with E-state index in [0.29, 0.717) is 24.4 Å². The molecule has 4 heteroatoms. The molecule has 0 aromatic heterocycles. The van der Waals surface area contributed by atoms with E-state index in [0.717, 1.165) is 32.6 Å². The Bertz CT molecular complexity index is 282. The van der Waals surface area contributed by atoms with Gasteiger partial charge in [-0.2, -0.15) is 0 Å². The van der Waals surface area contributed by atoms with Gasteiger partial charge in [-0.05, 0) is 58.0 Å². The Balaban J connectivity index is 1.82. The molecule has 2 fully saturated rings. The first-order valence-electron chi connectivity index (χ1n) is 7.42. The maximum absolute atomic E-state index is 12.3. The van der Waals surface area contributed by atoms with Gasteiger partial charge in [0.2, 0.25) is 5.91 Å². The summed E-state index contributed by atoms with van der Waals surface area (Å²) in [6.45, 7) is 6.55. The minimum atomic E-state index is 0.319. The summed E-state index contributed by atoms with van der Waals surface area (Å²) >= 11 is 0. The molecule has 4 nitrogen and oxygen atoms in total. The smallest absolute Gasteiger partial charge is 0.236 e. The van der Waals surface area contributed by atoms with Crippen LogP contribution in [-0.4, -0.2) is 54.5 Å². The van der Waals surface area contributed by atoms with Gasteiger partial charge in [-0.1, -0.05) is 0 Å². The van der Waals surface area contributed by atoms with E-state index < -0.39 is 0 Å². The van der Waals surface area contributed by atoms with Gasteiger partial charge < -0.3 is 10.6 Å². The summed E-state index contributed by atoms with van der Waals surface area (Å²) in [5, 5.41) is 0. The van der Waals surface area contributed by atoms with Gasteiger partial charge in [-0.25, -0.2) is 0 Å². The highest BCUT2D eigenvalue weighted by Gasteiger charge is 2.26. The summed E-state index contributed by atoms with van der Waals surface area (Å²) in [6, 6.07) is 0.432. The van der Waals surface area contributed by atoms with Crippen LogP contribution in [0, 0.1) is 5.92 Å². The lowest BCUT2D eigenvalue weighted by molar-refractivity contribution is -0.136. The van der Waals surface area contributed by atoms with E-state index in [4.69, 9.17) is 5.73 Å². The number of hydrogen-bond donors (Lipinski definition) is 1. The van der Waals surface area contributed by atoms with Gasteiger partial charge in [0.05, 0.1) is 6.54 Å². The highest BCUT2D eigenvalue weighted by molar-refractivity contribution is 5.78. The molecular weight excluding hydrogens is 226 g/mol. The summed E-state index contributed by atoms with van der Waals surface area (Å²) < 4.78 is 0. The van der Waals surface area contributed by atoms with Crippen LogP contribution in [0.1, 0.15) is 39.0 Å². The predicted octanol–water partition coefficient (Wildman–Crippen LogP) is 1.06. The van der Waals surface area contributed by atoms with Gasteiger partial charge in [0, 0.05) is 19.1 Å². The van der Waals surface area contributed by atoms with Gasteiger partial charge >= 0.3 is 0 Å². The number of amides is 1. The lowest BCUT2D eigenvalue weighted by Gasteiger charge is -2.37. The Morgan fingerprint density at radius 2 is 2.06 bits per heavy atom. The number of carbonyl (C=O) groups is 1. The quantitative estimate of drug-likeness (QED) is 0.818. The van der Waals surface area contributed by atoms with Crippen LogP contribution in [0.2, 0.25) is 0 Å². The number of piperidine rings is 2. The van der Waals surface area contributed by atoms with Gasteiger partial charge in [0.1, 0.15) is 0 Å². The largest absolute Gasteiger partial charge is 0.339 e. The van der Waals surface area contributed by atoms with Crippen LogP contribution in [0.25, 0.3) is 0 Å². The summed E-state index contributed by atoms with van der Waals surface area (Å²) in [5.74, 6) is 0.908. The van der Waals surface area contributed by atoms with Crippen LogP contribution in [0.15, 0.2) is 0 Å². The highest BCUT2D eigenvalue weighted by atomic mass is 16.2. The zero-order valence-corrected chi connectivity index (χ0v) is 11.6. The second-order valence-corrected chi connectivity index (χ2v) is 5.91. The van der Waals surface area contributed by atoms with Crippen molar-refractivity contribution in [3.8, 4) is 0 Å². The Morgan fingerprint density at radius 3 is 2.78 bits per heavy atom. The van der Waals surface area contributed by atoms with Crippen molar-refractivity contribution in [2.45, 2.75) is 45.1 Å². The molecule has 1 amide bonds. The average molecular weight is 253 g/mol. The summed E-state index contributed by atoms with van der Waals surface area (Å²) in [4.78, 5) is 16.7. The zero-order chi connectivity index (χ0) is 13.0. The van der Waals surface area contributed by atoms with E-state index in [2.05, 4.69) is 16.7 Å². The van der Waals surface area contributed by atoms with Crippen LogP contribution in [0.4, 0.5) is 0 Å². The first-order valence-corrected chi connectivity index (χ1v) is 7.42. The molecule has 0 radical (unpaired) electrons. The van der Waals surface area contributed by atoms with Crippen molar-refractivity contribution in [3.05, 3.63) is 0 Å². The van der Waals surface area contributed by atoms with E-state index in [-0.39, 0.29) is 0 Å². The monoisotopic (exact) mass is 253 g/mol. The lowest BCUT2D eigenvalue weighted by Crippen LogP contribution is -2.49. The number of rotatable bonds is 3. The van der Waals surface area contributed by atoms with Crippen molar-refractivity contribution in [2.75, 3.05) is 32.7 Å². The molecule has 2 saturated heterocycles. The molecule has 2 aliphatic heterocycles. The van der Waals surface area contributed by atoms with Crippen LogP contribution in [0.3, 0.4) is 0 Å². The molecule has 18 heavy (non-hydrogen) atoms.